The summed E-state index contributed by atoms with van der Waals surface area (Å²) < 4.78 is 46.4. The second-order valence-electron chi connectivity index (χ2n) is 14.2. The number of anilines is 2. The molecule has 2 saturated heterocycles. The SMILES string of the molecule is CCCC[C@@H](Cn1c(-c2ccccc2N)nc2c(C3OCCO3)cccc21)OCCOCCOCCn1c(-c2ccccc2N)nc2c(C3OCCO3)cccc21. The van der Waals surface area contributed by atoms with Gasteiger partial charge in [-0.05, 0) is 42.8 Å². The molecular formula is C44H52N6O7. The molecule has 4 heterocycles. The van der Waals surface area contributed by atoms with E-state index in [4.69, 9.17) is 54.6 Å². The van der Waals surface area contributed by atoms with E-state index >= 15 is 0 Å². The van der Waals surface area contributed by atoms with Gasteiger partial charge in [-0.1, -0.05) is 68.3 Å². The number of nitrogens with two attached hydrogens (primary N) is 2. The molecule has 2 fully saturated rings. The van der Waals surface area contributed by atoms with Crippen LogP contribution in [-0.2, 0) is 46.2 Å². The number of nitrogens with zero attached hydrogens (tertiary/aromatic N) is 4. The fourth-order valence-electron chi connectivity index (χ4n) is 7.63. The van der Waals surface area contributed by atoms with Crippen LogP contribution >= 0.6 is 0 Å². The number of ether oxygens (including phenoxy) is 7. The van der Waals surface area contributed by atoms with Crippen molar-refractivity contribution in [1.29, 1.82) is 0 Å². The summed E-state index contributed by atoms with van der Waals surface area (Å²) in [5, 5.41) is 0. The maximum atomic E-state index is 6.51. The number of aromatic nitrogens is 4. The van der Waals surface area contributed by atoms with Crippen molar-refractivity contribution in [2.45, 2.75) is 58.0 Å². The average molecular weight is 777 g/mol. The third-order valence-electron chi connectivity index (χ3n) is 10.5. The second kappa shape index (κ2) is 18.6. The molecule has 57 heavy (non-hydrogen) atoms. The molecule has 6 aromatic rings. The average Bonchev–Trinajstić information content (AvgIpc) is 4.07. The number of para-hydroxylation sites is 4. The maximum absolute atomic E-state index is 6.51. The first-order valence-corrected chi connectivity index (χ1v) is 20.0. The Kier molecular flexibility index (Phi) is 12.7. The van der Waals surface area contributed by atoms with Gasteiger partial charge in [0.15, 0.2) is 12.6 Å². The lowest BCUT2D eigenvalue weighted by atomic mass is 10.1. The Labute approximate surface area is 332 Å². The smallest absolute Gasteiger partial charge is 0.186 e. The molecule has 4 aromatic carbocycles. The van der Waals surface area contributed by atoms with Gasteiger partial charge in [0.2, 0.25) is 0 Å². The highest BCUT2D eigenvalue weighted by atomic mass is 16.7. The van der Waals surface area contributed by atoms with Gasteiger partial charge in [0, 0.05) is 40.2 Å². The first kappa shape index (κ1) is 39.0. The van der Waals surface area contributed by atoms with Crippen molar-refractivity contribution in [3.8, 4) is 22.8 Å². The lowest BCUT2D eigenvalue weighted by Crippen LogP contribution is -2.23. The molecule has 300 valence electrons. The molecule has 0 bridgehead atoms. The highest BCUT2D eigenvalue weighted by Gasteiger charge is 2.27. The van der Waals surface area contributed by atoms with Gasteiger partial charge >= 0.3 is 0 Å². The van der Waals surface area contributed by atoms with Gasteiger partial charge in [0.1, 0.15) is 11.6 Å². The van der Waals surface area contributed by atoms with E-state index in [1.165, 1.54) is 0 Å². The first-order valence-electron chi connectivity index (χ1n) is 20.0. The molecule has 13 heteroatoms. The van der Waals surface area contributed by atoms with Crippen molar-refractivity contribution in [2.24, 2.45) is 0 Å². The second-order valence-corrected chi connectivity index (χ2v) is 14.2. The van der Waals surface area contributed by atoms with Crippen molar-refractivity contribution < 1.29 is 33.2 Å². The summed E-state index contributed by atoms with van der Waals surface area (Å²) in [6.07, 6.45) is 2.08. The van der Waals surface area contributed by atoms with E-state index < -0.39 is 12.6 Å². The molecule has 8 rings (SSSR count). The van der Waals surface area contributed by atoms with E-state index in [1.54, 1.807) is 0 Å². The van der Waals surface area contributed by atoms with Crippen molar-refractivity contribution in [3.63, 3.8) is 0 Å². The number of nitrogen functional groups attached to an aromatic ring is 2. The van der Waals surface area contributed by atoms with Crippen LogP contribution in [0.15, 0.2) is 84.9 Å². The van der Waals surface area contributed by atoms with E-state index in [0.717, 1.165) is 75.2 Å². The third kappa shape index (κ3) is 8.70. The molecule has 1 atom stereocenters. The summed E-state index contributed by atoms with van der Waals surface area (Å²) >= 11 is 0. The Morgan fingerprint density at radius 2 is 1.14 bits per heavy atom. The molecule has 2 aromatic heterocycles. The monoisotopic (exact) mass is 776 g/mol. The molecule has 0 saturated carbocycles. The van der Waals surface area contributed by atoms with Crippen LogP contribution in [0, 0.1) is 0 Å². The predicted octanol–water partition coefficient (Wildman–Crippen LogP) is 7.28. The highest BCUT2D eigenvalue weighted by Crippen LogP contribution is 2.36. The van der Waals surface area contributed by atoms with Crippen LogP contribution in [0.3, 0.4) is 0 Å². The van der Waals surface area contributed by atoms with Gasteiger partial charge in [-0.15, -0.1) is 0 Å². The van der Waals surface area contributed by atoms with E-state index in [2.05, 4.69) is 28.2 Å². The normalized spacial score (nSPS) is 15.7. The number of hydrogen-bond acceptors (Lipinski definition) is 11. The van der Waals surface area contributed by atoms with Crippen LogP contribution in [0.5, 0.6) is 0 Å². The van der Waals surface area contributed by atoms with Crippen LogP contribution in [0.1, 0.15) is 49.9 Å². The maximum Gasteiger partial charge on any atom is 0.186 e. The molecule has 0 radical (unpaired) electrons. The molecule has 0 spiro atoms. The van der Waals surface area contributed by atoms with Crippen LogP contribution < -0.4 is 11.5 Å². The van der Waals surface area contributed by atoms with E-state index in [0.29, 0.717) is 83.9 Å². The number of rotatable bonds is 19. The minimum Gasteiger partial charge on any atom is -0.398 e. The Hall–Kier alpha value is -4.86. The lowest BCUT2D eigenvalue weighted by Gasteiger charge is -2.21. The summed E-state index contributed by atoms with van der Waals surface area (Å²) in [6, 6.07) is 27.9. The van der Waals surface area contributed by atoms with Gasteiger partial charge in [-0.3, -0.25) is 0 Å². The Morgan fingerprint density at radius 3 is 1.70 bits per heavy atom. The van der Waals surface area contributed by atoms with Crippen molar-refractivity contribution in [2.75, 3.05) is 70.9 Å². The predicted molar refractivity (Wildman–Crippen MR) is 219 cm³/mol. The van der Waals surface area contributed by atoms with E-state index in [-0.39, 0.29) is 6.10 Å². The third-order valence-corrected chi connectivity index (χ3v) is 10.5. The Morgan fingerprint density at radius 1 is 0.632 bits per heavy atom. The Balaban J connectivity index is 0.881. The highest BCUT2D eigenvalue weighted by molar-refractivity contribution is 5.87. The number of fused-ring (bicyclic) bond motifs is 2. The minimum atomic E-state index is -0.441. The molecule has 0 unspecified atom stereocenters. The zero-order valence-electron chi connectivity index (χ0n) is 32.5. The van der Waals surface area contributed by atoms with E-state index in [1.807, 2.05) is 72.8 Å². The quantitative estimate of drug-likeness (QED) is 0.0631. The van der Waals surface area contributed by atoms with Gasteiger partial charge in [0.25, 0.3) is 0 Å². The summed E-state index contributed by atoms with van der Waals surface area (Å²) in [7, 11) is 0. The van der Waals surface area contributed by atoms with Crippen molar-refractivity contribution in [1.82, 2.24) is 19.1 Å². The molecule has 2 aliphatic rings. The molecule has 13 nitrogen and oxygen atoms in total. The number of unbranched alkanes of at least 4 members (excludes halogenated alkanes) is 1. The first-order chi connectivity index (χ1) is 28.1. The fourth-order valence-corrected chi connectivity index (χ4v) is 7.63. The van der Waals surface area contributed by atoms with Crippen LogP contribution in [0.25, 0.3) is 44.8 Å². The largest absolute Gasteiger partial charge is 0.398 e. The summed E-state index contributed by atoms with van der Waals surface area (Å²) in [6.45, 7) is 7.91. The number of benzene rings is 4. The molecule has 4 N–H and O–H groups in total. The van der Waals surface area contributed by atoms with Gasteiger partial charge in [-0.2, -0.15) is 0 Å². The summed E-state index contributed by atoms with van der Waals surface area (Å²) in [4.78, 5) is 10.2. The van der Waals surface area contributed by atoms with Gasteiger partial charge in [0.05, 0.1) is 94.2 Å². The molecular weight excluding hydrogens is 725 g/mol. The number of imidazole rings is 2. The van der Waals surface area contributed by atoms with Crippen molar-refractivity contribution >= 4 is 33.4 Å². The summed E-state index contributed by atoms with van der Waals surface area (Å²) in [5.41, 5.74) is 21.5. The molecule has 0 aliphatic carbocycles. The minimum absolute atomic E-state index is 0.0568. The van der Waals surface area contributed by atoms with Crippen LogP contribution in [-0.4, -0.2) is 84.7 Å². The molecule has 0 amide bonds. The zero-order chi connectivity index (χ0) is 39.0. The van der Waals surface area contributed by atoms with Gasteiger partial charge in [-0.25, -0.2) is 9.97 Å². The zero-order valence-corrected chi connectivity index (χ0v) is 32.5. The van der Waals surface area contributed by atoms with Crippen LogP contribution in [0.4, 0.5) is 11.4 Å². The van der Waals surface area contributed by atoms with E-state index in [9.17, 15) is 0 Å². The van der Waals surface area contributed by atoms with Crippen molar-refractivity contribution in [3.05, 3.63) is 96.1 Å². The fraction of sp³-hybridized carbons (Fsp3) is 0.409. The summed E-state index contributed by atoms with van der Waals surface area (Å²) in [5.74, 6) is 1.58. The standard InChI is InChI=1S/C44H52N6O7/c1-2-3-10-30(29-50-38-18-9-14-34(44-56-27-28-57-44)40(38)48-42(50)32-12-5-7-16-36(32)46)53-24-23-52-22-21-51-20-19-49-37-17-8-13-33(43-54-25-26-55-43)39(37)47-41(49)31-11-4-6-15-35(31)45/h4-9,11-18,30,43-44H,2-3,10,19-29,45-46H2,1H3/t30-/m0/s1. The van der Waals surface area contributed by atoms with Gasteiger partial charge < -0.3 is 53.8 Å². The Bertz CT molecular complexity index is 2240. The van der Waals surface area contributed by atoms with Crippen LogP contribution in [0.2, 0.25) is 0 Å². The number of hydrogen-bond donors (Lipinski definition) is 2. The topological polar surface area (TPSA) is 152 Å². The molecule has 2 aliphatic heterocycles. The lowest BCUT2D eigenvalue weighted by molar-refractivity contribution is -0.0433.